The van der Waals surface area contributed by atoms with Crippen LogP contribution in [-0.4, -0.2) is 43.7 Å². The Kier molecular flexibility index (Phi) is 8.56. The van der Waals surface area contributed by atoms with Gasteiger partial charge in [-0.3, -0.25) is 15.0 Å². The normalized spacial score (nSPS) is 16.6. The van der Waals surface area contributed by atoms with Crippen LogP contribution in [0.5, 0.6) is 0 Å². The first-order valence-electron chi connectivity index (χ1n) is 12.9. The van der Waals surface area contributed by atoms with Gasteiger partial charge in [-0.15, -0.1) is 0 Å². The number of hydrogen-bond donors (Lipinski definition) is 3. The third-order valence-electron chi connectivity index (χ3n) is 6.46. The highest BCUT2D eigenvalue weighted by Crippen LogP contribution is 2.34. The van der Waals surface area contributed by atoms with Crippen molar-refractivity contribution in [2.75, 3.05) is 10.7 Å². The van der Waals surface area contributed by atoms with Crippen molar-refractivity contribution in [3.63, 3.8) is 0 Å². The fourth-order valence-corrected chi connectivity index (χ4v) is 6.06. The van der Waals surface area contributed by atoms with Crippen molar-refractivity contribution in [1.29, 1.82) is 0 Å². The van der Waals surface area contributed by atoms with Crippen LogP contribution in [0.1, 0.15) is 42.3 Å². The van der Waals surface area contributed by atoms with Crippen LogP contribution in [-0.2, 0) is 32.1 Å². The maximum Gasteiger partial charge on any atom is 0.416 e. The van der Waals surface area contributed by atoms with Gasteiger partial charge in [-0.2, -0.15) is 13.2 Å². The van der Waals surface area contributed by atoms with Crippen LogP contribution >= 0.6 is 0 Å². The summed E-state index contributed by atoms with van der Waals surface area (Å²) in [6.45, 7) is 4.66. The molecule has 0 saturated carbocycles. The Morgan fingerprint density at radius 1 is 0.977 bits per heavy atom. The maximum atomic E-state index is 13.8. The molecule has 3 aromatic rings. The van der Waals surface area contributed by atoms with Crippen LogP contribution in [0.3, 0.4) is 0 Å². The summed E-state index contributed by atoms with van der Waals surface area (Å²) in [5.41, 5.74) is 1.83. The van der Waals surface area contributed by atoms with Crippen LogP contribution in [0.2, 0.25) is 0 Å². The van der Waals surface area contributed by atoms with Gasteiger partial charge in [-0.25, -0.2) is 19.1 Å². The summed E-state index contributed by atoms with van der Waals surface area (Å²) < 4.78 is 70.8. The molecular weight excluding hydrogens is 589 g/mol. The molecule has 3 amide bonds. The number of sulfone groups is 1. The van der Waals surface area contributed by atoms with E-state index in [4.69, 9.17) is 10.6 Å². The molecule has 1 aliphatic heterocycles. The monoisotopic (exact) mass is 618 g/mol. The molecule has 43 heavy (non-hydrogen) atoms. The number of nitrogens with two attached hydrogens (primary N) is 1. The van der Waals surface area contributed by atoms with E-state index in [1.807, 2.05) is 5.43 Å². The Balaban J connectivity index is 1.71. The van der Waals surface area contributed by atoms with E-state index in [2.05, 4.69) is 5.32 Å². The Bertz CT molecular complexity index is 1650. The summed E-state index contributed by atoms with van der Waals surface area (Å²) >= 11 is 0. The third kappa shape index (κ3) is 7.32. The molecule has 0 aliphatic carbocycles. The van der Waals surface area contributed by atoms with Crippen LogP contribution in [0, 0.1) is 0 Å². The van der Waals surface area contributed by atoms with E-state index in [-0.39, 0.29) is 22.7 Å². The average molecular weight is 619 g/mol. The number of alkyl halides is 3. The van der Waals surface area contributed by atoms with Gasteiger partial charge in [0, 0.05) is 5.56 Å². The van der Waals surface area contributed by atoms with Gasteiger partial charge in [-0.1, -0.05) is 36.4 Å². The third-order valence-corrected chi connectivity index (χ3v) is 8.25. The first-order chi connectivity index (χ1) is 20.0. The Hall–Kier alpha value is -4.43. The number of amides is 3. The zero-order valence-electron chi connectivity index (χ0n) is 23.4. The average Bonchev–Trinajstić information content (AvgIpc) is 3.00. The van der Waals surface area contributed by atoms with Crippen molar-refractivity contribution in [1.82, 2.24) is 10.7 Å². The number of benzene rings is 3. The smallest absolute Gasteiger partial charge is 0.416 e. The number of nitrogen functional groups attached to an aromatic ring is 1. The molecule has 3 aromatic carbocycles. The Morgan fingerprint density at radius 2 is 1.56 bits per heavy atom. The van der Waals surface area contributed by atoms with Crippen LogP contribution < -0.4 is 21.5 Å². The van der Waals surface area contributed by atoms with Crippen LogP contribution in [0.15, 0.2) is 71.6 Å². The van der Waals surface area contributed by atoms with Gasteiger partial charge in [0.25, 0.3) is 11.8 Å². The lowest BCUT2D eigenvalue weighted by Crippen LogP contribution is -2.51. The molecule has 1 heterocycles. The predicted octanol–water partition coefficient (Wildman–Crippen LogP) is 4.19. The lowest BCUT2D eigenvalue weighted by molar-refractivity contribution is -0.137. The van der Waals surface area contributed by atoms with Crippen molar-refractivity contribution in [3.8, 4) is 11.1 Å². The predicted molar refractivity (Wildman–Crippen MR) is 151 cm³/mol. The van der Waals surface area contributed by atoms with E-state index in [9.17, 15) is 36.0 Å². The summed E-state index contributed by atoms with van der Waals surface area (Å²) in [4.78, 5) is 39.5. The van der Waals surface area contributed by atoms with E-state index in [1.54, 1.807) is 45.0 Å². The largest absolute Gasteiger partial charge is 0.444 e. The molecule has 1 aliphatic rings. The second-order valence-corrected chi connectivity index (χ2v) is 12.8. The Morgan fingerprint density at radius 3 is 2.09 bits per heavy atom. The first-order valence-corrected chi connectivity index (χ1v) is 14.6. The molecular formula is C29H29F3N4O6S. The number of fused-ring (bicyclic) bond motifs is 1. The van der Waals surface area contributed by atoms with Gasteiger partial charge in [-0.05, 0) is 67.8 Å². The number of hydrogen-bond acceptors (Lipinski definition) is 7. The van der Waals surface area contributed by atoms with E-state index in [1.165, 1.54) is 30.3 Å². The van der Waals surface area contributed by atoms with Gasteiger partial charge in [0.1, 0.15) is 11.6 Å². The SMILES string of the molecule is CC(C)(C)OC(=O)N[C@H]1CS(=O)(=O)c2ccc(C(=O)NN)cc2N(Cc2ccc(-c3ccc(C(F)(F)F)cc3)cc2)C1=O. The zero-order valence-corrected chi connectivity index (χ0v) is 24.2. The fourth-order valence-electron chi connectivity index (χ4n) is 4.46. The first kappa shape index (κ1) is 31.5. The number of halogens is 3. The number of ether oxygens (including phenoxy) is 1. The highest BCUT2D eigenvalue weighted by atomic mass is 32.2. The van der Waals surface area contributed by atoms with E-state index in [0.717, 1.165) is 17.0 Å². The van der Waals surface area contributed by atoms with Gasteiger partial charge in [0.15, 0.2) is 9.84 Å². The molecule has 0 unspecified atom stereocenters. The molecule has 0 fully saturated rings. The van der Waals surface area contributed by atoms with E-state index >= 15 is 0 Å². The summed E-state index contributed by atoms with van der Waals surface area (Å²) in [6.07, 6.45) is -5.46. The summed E-state index contributed by atoms with van der Waals surface area (Å²) in [5, 5.41) is 2.35. The lowest BCUT2D eigenvalue weighted by atomic mass is 10.0. The van der Waals surface area contributed by atoms with Gasteiger partial charge < -0.3 is 15.0 Å². The molecule has 14 heteroatoms. The fraction of sp³-hybridized carbons (Fsp3) is 0.276. The van der Waals surface area contributed by atoms with Crippen molar-refractivity contribution in [3.05, 3.63) is 83.4 Å². The molecule has 0 saturated heterocycles. The summed E-state index contributed by atoms with van der Waals surface area (Å²) in [5.74, 6) is 3.00. The van der Waals surface area contributed by atoms with Crippen molar-refractivity contribution < 1.29 is 40.7 Å². The minimum Gasteiger partial charge on any atom is -0.444 e. The molecule has 1 atom stereocenters. The van der Waals surface area contributed by atoms with Crippen molar-refractivity contribution in [2.45, 2.75) is 50.0 Å². The number of carbonyl (C=O) groups excluding carboxylic acids is 3. The van der Waals surface area contributed by atoms with E-state index in [0.29, 0.717) is 16.7 Å². The topological polar surface area (TPSA) is 148 Å². The molecule has 0 bridgehead atoms. The van der Waals surface area contributed by atoms with Crippen molar-refractivity contribution >= 4 is 33.4 Å². The molecule has 10 nitrogen and oxygen atoms in total. The maximum absolute atomic E-state index is 13.8. The molecule has 0 aromatic heterocycles. The lowest BCUT2D eigenvalue weighted by Gasteiger charge is -2.27. The number of carbonyl (C=O) groups is 3. The van der Waals surface area contributed by atoms with Crippen LogP contribution in [0.25, 0.3) is 11.1 Å². The highest BCUT2D eigenvalue weighted by Gasteiger charge is 2.39. The highest BCUT2D eigenvalue weighted by molar-refractivity contribution is 7.91. The quantitative estimate of drug-likeness (QED) is 0.221. The van der Waals surface area contributed by atoms with Crippen LogP contribution in [0.4, 0.5) is 23.7 Å². The minimum atomic E-state index is -4.47. The molecule has 0 spiro atoms. The van der Waals surface area contributed by atoms with Gasteiger partial charge in [0.2, 0.25) is 0 Å². The number of anilines is 1. The summed E-state index contributed by atoms with van der Waals surface area (Å²) in [7, 11) is -4.16. The van der Waals surface area contributed by atoms with Crippen molar-refractivity contribution in [2.24, 2.45) is 5.84 Å². The number of rotatable bonds is 5. The molecule has 4 rings (SSSR count). The molecule has 4 N–H and O–H groups in total. The second-order valence-electron chi connectivity index (χ2n) is 10.8. The zero-order chi connectivity index (χ0) is 31.7. The number of nitrogens with one attached hydrogen (secondary N) is 2. The number of hydrazine groups is 1. The minimum absolute atomic E-state index is 0.00884. The standard InChI is InChI=1S/C29H29F3N4O6S/c1-28(2,3)42-27(39)34-22-16-43(40,41)24-13-10-20(25(37)35-33)14-23(24)36(26(22)38)15-17-4-6-18(7-5-17)19-8-11-21(12-9-19)29(30,31)32/h4-14,22H,15-16,33H2,1-3H3,(H,34,39)(H,35,37)/t22-/m0/s1. The van der Waals surface area contributed by atoms with Gasteiger partial charge >= 0.3 is 12.3 Å². The molecule has 228 valence electrons. The number of nitrogens with zero attached hydrogens (tertiary/aromatic N) is 1. The van der Waals surface area contributed by atoms with Gasteiger partial charge in [0.05, 0.1) is 28.4 Å². The Labute approximate surface area is 245 Å². The summed E-state index contributed by atoms with van der Waals surface area (Å²) in [6, 6.07) is 13.3. The number of alkyl carbamates (subject to hydrolysis) is 1. The second kappa shape index (κ2) is 11.7. The van der Waals surface area contributed by atoms with E-state index < -0.39 is 56.9 Å². The molecule has 0 radical (unpaired) electrons.